The summed E-state index contributed by atoms with van der Waals surface area (Å²) in [6, 6.07) is 23.2. The van der Waals surface area contributed by atoms with E-state index in [2.05, 4.69) is 5.32 Å². The number of nitrogens with one attached hydrogen (secondary N) is 1. The Hall–Kier alpha value is -3.47. The summed E-state index contributed by atoms with van der Waals surface area (Å²) in [6.45, 7) is 1.76. The van der Waals surface area contributed by atoms with Crippen molar-refractivity contribution in [2.75, 3.05) is 0 Å². The highest BCUT2D eigenvalue weighted by Crippen LogP contribution is 2.24. The fourth-order valence-electron chi connectivity index (χ4n) is 2.83. The van der Waals surface area contributed by atoms with Crippen LogP contribution in [0.15, 0.2) is 78.9 Å². The maximum atomic E-state index is 12.9. The van der Waals surface area contributed by atoms with Crippen molar-refractivity contribution in [2.45, 2.75) is 13.0 Å². The largest absolute Gasteiger partial charge is 0.341 e. The van der Waals surface area contributed by atoms with Crippen molar-refractivity contribution < 1.29 is 9.72 Å². The van der Waals surface area contributed by atoms with Crippen LogP contribution in [0, 0.1) is 17.0 Å². The summed E-state index contributed by atoms with van der Waals surface area (Å²) in [5.41, 5.74) is 2.77. The van der Waals surface area contributed by atoms with Crippen LogP contribution in [0.3, 0.4) is 0 Å². The van der Waals surface area contributed by atoms with Gasteiger partial charge in [-0.25, -0.2) is 0 Å². The fourth-order valence-corrected chi connectivity index (χ4v) is 2.83. The van der Waals surface area contributed by atoms with Crippen LogP contribution in [0.4, 0.5) is 5.69 Å². The van der Waals surface area contributed by atoms with Crippen LogP contribution >= 0.6 is 0 Å². The molecule has 0 atom stereocenters. The molecule has 0 heterocycles. The lowest BCUT2D eigenvalue weighted by Gasteiger charge is -2.20. The molecule has 5 nitrogen and oxygen atoms in total. The molecule has 5 heteroatoms. The number of carbonyl (C=O) groups excluding carboxylic acids is 1. The Kier molecular flexibility index (Phi) is 5.08. The van der Waals surface area contributed by atoms with Gasteiger partial charge in [0.1, 0.15) is 0 Å². The molecular weight excluding hydrogens is 328 g/mol. The minimum atomic E-state index is -0.498. The van der Waals surface area contributed by atoms with E-state index < -0.39 is 4.92 Å². The molecule has 0 aromatic heterocycles. The Balaban J connectivity index is 1.96. The van der Waals surface area contributed by atoms with Gasteiger partial charge in [0.25, 0.3) is 11.6 Å². The number of aryl methyl sites for hydroxylation is 1. The molecule has 3 aromatic rings. The predicted octanol–water partition coefficient (Wildman–Crippen LogP) is 4.42. The van der Waals surface area contributed by atoms with Crippen LogP contribution < -0.4 is 5.32 Å². The zero-order valence-corrected chi connectivity index (χ0v) is 14.3. The highest BCUT2D eigenvalue weighted by molar-refractivity contribution is 5.96. The Bertz CT molecular complexity index is 885. The molecule has 0 aliphatic rings. The fraction of sp³-hybridized carbons (Fsp3) is 0.0952. The first-order chi connectivity index (χ1) is 12.6. The average Bonchev–Trinajstić information content (AvgIpc) is 2.67. The molecule has 0 bridgehead atoms. The summed E-state index contributed by atoms with van der Waals surface area (Å²) < 4.78 is 0. The van der Waals surface area contributed by atoms with Gasteiger partial charge in [-0.15, -0.1) is 0 Å². The number of nitro groups is 1. The molecule has 0 saturated heterocycles. The summed E-state index contributed by atoms with van der Waals surface area (Å²) in [6.07, 6.45) is 0. The molecule has 3 aromatic carbocycles. The Morgan fingerprint density at radius 3 is 1.96 bits per heavy atom. The minimum absolute atomic E-state index is 0.100. The van der Waals surface area contributed by atoms with Crippen molar-refractivity contribution in [2.24, 2.45) is 0 Å². The minimum Gasteiger partial charge on any atom is -0.341 e. The Labute approximate surface area is 151 Å². The van der Waals surface area contributed by atoms with Crippen molar-refractivity contribution in [3.63, 3.8) is 0 Å². The van der Waals surface area contributed by atoms with Gasteiger partial charge in [-0.3, -0.25) is 14.9 Å². The summed E-state index contributed by atoms with van der Waals surface area (Å²) in [7, 11) is 0. The lowest BCUT2D eigenvalue weighted by Crippen LogP contribution is -2.29. The van der Waals surface area contributed by atoms with Gasteiger partial charge in [0.05, 0.1) is 11.0 Å². The Morgan fingerprint density at radius 1 is 0.923 bits per heavy atom. The third-order valence-corrected chi connectivity index (χ3v) is 4.22. The van der Waals surface area contributed by atoms with Gasteiger partial charge in [-0.05, 0) is 23.6 Å². The lowest BCUT2D eigenvalue weighted by molar-refractivity contribution is -0.384. The molecule has 130 valence electrons. The van der Waals surface area contributed by atoms with Gasteiger partial charge in [-0.1, -0.05) is 66.7 Å². The van der Waals surface area contributed by atoms with Crippen molar-refractivity contribution in [3.8, 4) is 0 Å². The second kappa shape index (κ2) is 7.61. The van der Waals surface area contributed by atoms with Crippen LogP contribution in [0.2, 0.25) is 0 Å². The monoisotopic (exact) mass is 346 g/mol. The second-order valence-electron chi connectivity index (χ2n) is 5.98. The van der Waals surface area contributed by atoms with Gasteiger partial charge in [0.15, 0.2) is 0 Å². The van der Waals surface area contributed by atoms with Gasteiger partial charge >= 0.3 is 0 Å². The van der Waals surface area contributed by atoms with E-state index in [-0.39, 0.29) is 17.6 Å². The molecule has 3 rings (SSSR count). The first kappa shape index (κ1) is 17.4. The van der Waals surface area contributed by atoms with E-state index >= 15 is 0 Å². The maximum absolute atomic E-state index is 12.9. The molecular formula is C21H18N2O3. The van der Waals surface area contributed by atoms with E-state index in [1.807, 2.05) is 60.7 Å². The molecule has 26 heavy (non-hydrogen) atoms. The van der Waals surface area contributed by atoms with Crippen LogP contribution in [0.1, 0.15) is 33.1 Å². The first-order valence-electron chi connectivity index (χ1n) is 8.22. The standard InChI is InChI=1S/C21H18N2O3/c1-15-12-13-18(23(25)26)14-19(15)21(24)22-20(16-8-4-2-5-9-16)17-10-6-3-7-11-17/h2-14,20H,1H3,(H,22,24). The zero-order chi connectivity index (χ0) is 18.5. The zero-order valence-electron chi connectivity index (χ0n) is 14.3. The smallest absolute Gasteiger partial charge is 0.270 e. The van der Waals surface area contributed by atoms with Crippen LogP contribution in [-0.2, 0) is 0 Å². The third-order valence-electron chi connectivity index (χ3n) is 4.22. The molecule has 0 aliphatic heterocycles. The first-order valence-corrected chi connectivity index (χ1v) is 8.22. The number of nitro benzene ring substituents is 1. The molecule has 0 radical (unpaired) electrons. The predicted molar refractivity (Wildman–Crippen MR) is 100 cm³/mol. The quantitative estimate of drug-likeness (QED) is 0.549. The molecule has 0 unspecified atom stereocenters. The van der Waals surface area contributed by atoms with Gasteiger partial charge < -0.3 is 5.32 Å². The van der Waals surface area contributed by atoms with Crippen LogP contribution in [0.5, 0.6) is 0 Å². The average molecular weight is 346 g/mol. The van der Waals surface area contributed by atoms with Crippen molar-refractivity contribution in [1.82, 2.24) is 5.32 Å². The van der Waals surface area contributed by atoms with E-state index in [9.17, 15) is 14.9 Å². The molecule has 1 amide bonds. The number of carbonyl (C=O) groups is 1. The molecule has 0 spiro atoms. The van der Waals surface area contributed by atoms with E-state index in [0.29, 0.717) is 11.1 Å². The van der Waals surface area contributed by atoms with E-state index in [4.69, 9.17) is 0 Å². The Morgan fingerprint density at radius 2 is 1.46 bits per heavy atom. The number of hydrogen-bond acceptors (Lipinski definition) is 3. The third kappa shape index (κ3) is 3.78. The summed E-state index contributed by atoms with van der Waals surface area (Å²) in [4.78, 5) is 23.4. The number of nitrogens with zero attached hydrogens (tertiary/aromatic N) is 1. The number of amides is 1. The van der Waals surface area contributed by atoms with Crippen molar-refractivity contribution in [1.29, 1.82) is 0 Å². The number of non-ortho nitro benzene ring substituents is 1. The van der Waals surface area contributed by atoms with Crippen LogP contribution in [0.25, 0.3) is 0 Å². The van der Waals surface area contributed by atoms with E-state index in [1.54, 1.807) is 13.0 Å². The highest BCUT2D eigenvalue weighted by Gasteiger charge is 2.20. The van der Waals surface area contributed by atoms with Crippen molar-refractivity contribution in [3.05, 3.63) is 111 Å². The summed E-state index contributed by atoms with van der Waals surface area (Å²) in [5, 5.41) is 14.0. The molecule has 0 saturated carbocycles. The van der Waals surface area contributed by atoms with Gasteiger partial charge in [0, 0.05) is 17.7 Å². The topological polar surface area (TPSA) is 72.2 Å². The summed E-state index contributed by atoms with van der Waals surface area (Å²) in [5.74, 6) is -0.344. The SMILES string of the molecule is Cc1ccc([N+](=O)[O-])cc1C(=O)NC(c1ccccc1)c1ccccc1. The van der Waals surface area contributed by atoms with Crippen molar-refractivity contribution >= 4 is 11.6 Å². The maximum Gasteiger partial charge on any atom is 0.270 e. The number of benzene rings is 3. The van der Waals surface area contributed by atoms with Crippen LogP contribution in [-0.4, -0.2) is 10.8 Å². The normalized spacial score (nSPS) is 10.5. The highest BCUT2D eigenvalue weighted by atomic mass is 16.6. The number of rotatable bonds is 5. The van der Waals surface area contributed by atoms with Gasteiger partial charge in [-0.2, -0.15) is 0 Å². The molecule has 0 aliphatic carbocycles. The van der Waals surface area contributed by atoms with E-state index in [0.717, 1.165) is 11.1 Å². The lowest BCUT2D eigenvalue weighted by atomic mass is 9.98. The van der Waals surface area contributed by atoms with E-state index in [1.165, 1.54) is 12.1 Å². The molecule has 0 fully saturated rings. The number of hydrogen-bond donors (Lipinski definition) is 1. The van der Waals surface area contributed by atoms with Gasteiger partial charge in [0.2, 0.25) is 0 Å². The second-order valence-corrected chi connectivity index (χ2v) is 5.98. The summed E-state index contributed by atoms with van der Waals surface area (Å²) >= 11 is 0. The molecule has 1 N–H and O–H groups in total.